The Morgan fingerprint density at radius 3 is 2.40 bits per heavy atom. The van der Waals surface area contributed by atoms with Gasteiger partial charge in [0, 0.05) is 27.8 Å². The Kier molecular flexibility index (Phi) is 7.99. The summed E-state index contributed by atoms with van der Waals surface area (Å²) in [4.78, 5) is 10.1. The SMILES string of the molecule is C/C=S(\c1ccc(-c2cnc(N)c(-c3nnc(-c4ccc(CNC)cc4)o3)n2)cc1)C(C)CCF. The molecule has 0 radical (unpaired) electrons. The number of nitrogen functional groups attached to an aromatic ring is 1. The lowest BCUT2D eigenvalue weighted by Crippen LogP contribution is -2.04. The molecule has 0 fully saturated rings. The number of rotatable bonds is 9. The summed E-state index contributed by atoms with van der Waals surface area (Å²) in [7, 11) is 1.79. The number of nitrogens with zero attached hydrogens (tertiary/aromatic N) is 4. The molecular weight excluding hydrogens is 463 g/mol. The number of nitrogens with one attached hydrogen (secondary N) is 1. The Morgan fingerprint density at radius 2 is 1.74 bits per heavy atom. The first kappa shape index (κ1) is 24.7. The zero-order valence-electron chi connectivity index (χ0n) is 20.0. The van der Waals surface area contributed by atoms with Crippen molar-refractivity contribution >= 4 is 21.7 Å². The van der Waals surface area contributed by atoms with Gasteiger partial charge in [0.05, 0.1) is 18.6 Å². The van der Waals surface area contributed by atoms with Crippen LogP contribution in [0.25, 0.3) is 34.3 Å². The molecule has 2 unspecified atom stereocenters. The number of hydrogen-bond donors (Lipinski definition) is 2. The lowest BCUT2D eigenvalue weighted by atomic mass is 10.1. The highest BCUT2D eigenvalue weighted by Crippen LogP contribution is 2.34. The summed E-state index contributed by atoms with van der Waals surface area (Å²) in [5, 5.41) is 13.9. The van der Waals surface area contributed by atoms with Gasteiger partial charge in [-0.05, 0) is 50.2 Å². The van der Waals surface area contributed by atoms with Crippen molar-refractivity contribution in [3.63, 3.8) is 0 Å². The standard InChI is InChI=1S/C26H29FN6OS/c1-4-35(17(2)13-14-27)21-11-9-19(10-12-21)22-16-30-24(28)23(31-22)26-33-32-25(34-26)20-7-5-18(6-8-20)15-29-3/h4-12,16-17,29H,13-15H2,1-3H3,(H2,28,30). The van der Waals surface area contributed by atoms with Gasteiger partial charge in [-0.2, -0.15) is 10.5 Å². The molecule has 0 aliphatic heterocycles. The highest BCUT2D eigenvalue weighted by Gasteiger charge is 2.17. The molecule has 4 rings (SSSR count). The maximum Gasteiger partial charge on any atom is 0.270 e. The van der Waals surface area contributed by atoms with Crippen molar-refractivity contribution in [3.8, 4) is 34.3 Å². The van der Waals surface area contributed by atoms with E-state index in [1.165, 1.54) is 4.90 Å². The van der Waals surface area contributed by atoms with Gasteiger partial charge in [0.25, 0.3) is 5.89 Å². The van der Waals surface area contributed by atoms with Gasteiger partial charge in [0.2, 0.25) is 5.89 Å². The fourth-order valence-electron chi connectivity index (χ4n) is 3.76. The first-order valence-corrected chi connectivity index (χ1v) is 12.8. The second-order valence-electron chi connectivity index (χ2n) is 8.05. The van der Waals surface area contributed by atoms with Crippen LogP contribution in [0, 0.1) is 0 Å². The van der Waals surface area contributed by atoms with Gasteiger partial charge in [-0.25, -0.2) is 9.97 Å². The second-order valence-corrected chi connectivity index (χ2v) is 10.5. The van der Waals surface area contributed by atoms with Crippen molar-refractivity contribution in [2.75, 3.05) is 19.5 Å². The van der Waals surface area contributed by atoms with E-state index < -0.39 is 0 Å². The van der Waals surface area contributed by atoms with E-state index in [0.717, 1.165) is 23.2 Å². The fraction of sp³-hybridized carbons (Fsp3) is 0.269. The van der Waals surface area contributed by atoms with Gasteiger partial charge in [-0.1, -0.05) is 36.6 Å². The monoisotopic (exact) mass is 492 g/mol. The number of alkyl halides is 1. The maximum atomic E-state index is 12.8. The van der Waals surface area contributed by atoms with Crippen molar-refractivity contribution in [1.29, 1.82) is 0 Å². The first-order valence-electron chi connectivity index (χ1n) is 11.4. The van der Waals surface area contributed by atoms with Gasteiger partial charge in [-0.15, -0.1) is 10.2 Å². The summed E-state index contributed by atoms with van der Waals surface area (Å²) >= 11 is 0. The predicted octanol–water partition coefficient (Wildman–Crippen LogP) is 5.36. The van der Waals surface area contributed by atoms with Crippen molar-refractivity contribution in [3.05, 3.63) is 60.3 Å². The Labute approximate surface area is 207 Å². The number of benzene rings is 2. The second kappa shape index (κ2) is 11.3. The summed E-state index contributed by atoms with van der Waals surface area (Å²) < 4.78 is 18.7. The predicted molar refractivity (Wildman–Crippen MR) is 141 cm³/mol. The molecule has 0 bridgehead atoms. The topological polar surface area (TPSA) is 103 Å². The Balaban J connectivity index is 1.59. The van der Waals surface area contributed by atoms with E-state index in [-0.39, 0.29) is 34.1 Å². The molecule has 7 nitrogen and oxygen atoms in total. The van der Waals surface area contributed by atoms with Crippen molar-refractivity contribution < 1.29 is 8.81 Å². The highest BCUT2D eigenvalue weighted by molar-refractivity contribution is 8.15. The Morgan fingerprint density at radius 1 is 1.06 bits per heavy atom. The molecule has 0 saturated heterocycles. The van der Waals surface area contributed by atoms with Crippen LogP contribution >= 0.6 is 10.5 Å². The molecular formula is C26H29FN6OS. The number of halogens is 1. The van der Waals surface area contributed by atoms with Crippen LogP contribution in [0.15, 0.2) is 64.0 Å². The van der Waals surface area contributed by atoms with E-state index in [1.807, 2.05) is 50.4 Å². The van der Waals surface area contributed by atoms with Crippen LogP contribution in [0.5, 0.6) is 0 Å². The molecule has 35 heavy (non-hydrogen) atoms. The highest BCUT2D eigenvalue weighted by atomic mass is 32.2. The molecule has 4 aromatic rings. The molecule has 0 aliphatic carbocycles. The molecule has 2 heterocycles. The smallest absolute Gasteiger partial charge is 0.270 e. The lowest BCUT2D eigenvalue weighted by molar-refractivity contribution is 0.472. The zero-order valence-corrected chi connectivity index (χ0v) is 20.8. The minimum absolute atomic E-state index is 0.118. The molecule has 0 aliphatic rings. The third-order valence-electron chi connectivity index (χ3n) is 5.64. The molecule has 0 saturated carbocycles. The summed E-state index contributed by atoms with van der Waals surface area (Å²) in [6.07, 6.45) is 2.18. The lowest BCUT2D eigenvalue weighted by Gasteiger charge is -2.17. The summed E-state index contributed by atoms with van der Waals surface area (Å²) in [5.74, 6) is 0.814. The minimum Gasteiger partial charge on any atom is -0.414 e. The number of hydrogen-bond acceptors (Lipinski definition) is 7. The molecule has 182 valence electrons. The molecule has 0 amide bonds. The van der Waals surface area contributed by atoms with Crippen LogP contribution in [-0.4, -0.2) is 44.5 Å². The Bertz CT molecular complexity index is 1300. The van der Waals surface area contributed by atoms with E-state index in [2.05, 4.69) is 49.9 Å². The van der Waals surface area contributed by atoms with E-state index in [1.54, 1.807) is 6.20 Å². The first-order chi connectivity index (χ1) is 17.0. The van der Waals surface area contributed by atoms with E-state index >= 15 is 0 Å². The van der Waals surface area contributed by atoms with Crippen molar-refractivity contribution in [2.24, 2.45) is 0 Å². The number of anilines is 1. The molecule has 2 aromatic heterocycles. The van der Waals surface area contributed by atoms with Crippen LogP contribution in [-0.2, 0) is 6.54 Å². The minimum atomic E-state index is -0.306. The fourth-order valence-corrected chi connectivity index (χ4v) is 5.76. The van der Waals surface area contributed by atoms with Crippen molar-refractivity contribution in [1.82, 2.24) is 25.5 Å². The largest absolute Gasteiger partial charge is 0.414 e. The van der Waals surface area contributed by atoms with Gasteiger partial charge >= 0.3 is 0 Å². The molecule has 2 aromatic carbocycles. The number of aromatic nitrogens is 4. The summed E-state index contributed by atoms with van der Waals surface area (Å²) in [6.45, 7) is 4.59. The van der Waals surface area contributed by atoms with Crippen LogP contribution in [0.1, 0.15) is 25.8 Å². The van der Waals surface area contributed by atoms with E-state index in [0.29, 0.717) is 23.7 Å². The van der Waals surface area contributed by atoms with E-state index in [9.17, 15) is 4.39 Å². The molecule has 0 spiro atoms. The van der Waals surface area contributed by atoms with Crippen LogP contribution in [0.2, 0.25) is 0 Å². The third-order valence-corrected chi connectivity index (χ3v) is 8.06. The zero-order chi connectivity index (χ0) is 24.8. The average Bonchev–Trinajstić information content (AvgIpc) is 3.36. The van der Waals surface area contributed by atoms with Crippen LogP contribution < -0.4 is 11.1 Å². The molecule has 9 heteroatoms. The summed E-state index contributed by atoms with van der Waals surface area (Å²) in [5.41, 5.74) is 9.95. The normalized spacial score (nSPS) is 13.1. The van der Waals surface area contributed by atoms with Crippen LogP contribution in [0.3, 0.4) is 0 Å². The van der Waals surface area contributed by atoms with Gasteiger partial charge < -0.3 is 15.5 Å². The number of nitrogens with two attached hydrogens (primary N) is 1. The van der Waals surface area contributed by atoms with Crippen molar-refractivity contribution in [2.45, 2.75) is 37.0 Å². The Hall–Kier alpha value is -3.43. The third kappa shape index (κ3) is 5.63. The van der Waals surface area contributed by atoms with Gasteiger partial charge in [-0.3, -0.25) is 4.39 Å². The van der Waals surface area contributed by atoms with E-state index in [4.69, 9.17) is 10.2 Å². The van der Waals surface area contributed by atoms with Crippen LogP contribution in [0.4, 0.5) is 10.2 Å². The van der Waals surface area contributed by atoms with Gasteiger partial charge in [0.1, 0.15) is 0 Å². The quantitative estimate of drug-likeness (QED) is 0.303. The molecule has 2 atom stereocenters. The van der Waals surface area contributed by atoms with Gasteiger partial charge in [0.15, 0.2) is 11.5 Å². The molecule has 3 N–H and O–H groups in total. The summed E-state index contributed by atoms with van der Waals surface area (Å²) in [6, 6.07) is 16.0. The maximum absolute atomic E-state index is 12.8. The average molecular weight is 493 g/mol.